The van der Waals surface area contributed by atoms with Crippen molar-refractivity contribution in [2.45, 2.75) is 19.3 Å². The molecule has 1 aliphatic heterocycles. The lowest BCUT2D eigenvalue weighted by Gasteiger charge is -2.34. The molecule has 190 valence electrons. The molecule has 3 heterocycles. The van der Waals surface area contributed by atoms with E-state index in [2.05, 4.69) is 4.98 Å². The number of nitrogens with zero attached hydrogens (tertiary/aromatic N) is 3. The highest BCUT2D eigenvalue weighted by molar-refractivity contribution is 6.34. The van der Waals surface area contributed by atoms with Crippen LogP contribution in [0, 0.1) is 0 Å². The van der Waals surface area contributed by atoms with Crippen molar-refractivity contribution in [2.75, 3.05) is 26.2 Å². The second-order valence-corrected chi connectivity index (χ2v) is 8.91. The van der Waals surface area contributed by atoms with Gasteiger partial charge in [0.2, 0.25) is 11.2 Å². The number of halogens is 5. The van der Waals surface area contributed by atoms with Gasteiger partial charge in [0.05, 0.1) is 22.7 Å². The van der Waals surface area contributed by atoms with Crippen molar-refractivity contribution in [1.29, 1.82) is 0 Å². The predicted octanol–water partition coefficient (Wildman–Crippen LogP) is 4.90. The summed E-state index contributed by atoms with van der Waals surface area (Å²) in [5.74, 6) is 0.126. The van der Waals surface area contributed by atoms with Crippen molar-refractivity contribution in [1.82, 2.24) is 14.8 Å². The van der Waals surface area contributed by atoms with Crippen LogP contribution in [0.3, 0.4) is 0 Å². The number of benzene rings is 1. The summed E-state index contributed by atoms with van der Waals surface area (Å²) in [6.45, 7) is 2.27. The molecule has 4 rings (SSSR count). The number of hydrogen-bond acceptors (Lipinski definition) is 6. The molecule has 1 amide bonds. The van der Waals surface area contributed by atoms with E-state index in [0.29, 0.717) is 49.1 Å². The van der Waals surface area contributed by atoms with E-state index in [9.17, 15) is 22.8 Å². The molecule has 1 aliphatic rings. The van der Waals surface area contributed by atoms with Gasteiger partial charge in [0.1, 0.15) is 23.8 Å². The molecule has 1 aromatic carbocycles. The van der Waals surface area contributed by atoms with Crippen LogP contribution in [0.1, 0.15) is 27.2 Å². The molecular weight excluding hydrogens is 522 g/mol. The minimum Gasteiger partial charge on any atom is -0.482 e. The Balaban J connectivity index is 1.29. The predicted molar refractivity (Wildman–Crippen MR) is 126 cm³/mol. The van der Waals surface area contributed by atoms with Crippen molar-refractivity contribution in [3.05, 3.63) is 91.7 Å². The van der Waals surface area contributed by atoms with Crippen LogP contribution in [0.4, 0.5) is 13.2 Å². The van der Waals surface area contributed by atoms with E-state index in [1.54, 1.807) is 4.90 Å². The molecule has 3 aromatic rings. The average Bonchev–Trinajstić information content (AvgIpc) is 2.85. The van der Waals surface area contributed by atoms with Crippen molar-refractivity contribution in [3.8, 4) is 5.75 Å². The van der Waals surface area contributed by atoms with Gasteiger partial charge < -0.3 is 14.1 Å². The van der Waals surface area contributed by atoms with Gasteiger partial charge in [-0.2, -0.15) is 13.2 Å². The van der Waals surface area contributed by atoms with E-state index in [1.165, 1.54) is 36.7 Å². The maximum absolute atomic E-state index is 12.7. The summed E-state index contributed by atoms with van der Waals surface area (Å²) in [5.41, 5.74) is -0.435. The van der Waals surface area contributed by atoms with Gasteiger partial charge in [0, 0.05) is 38.4 Å². The van der Waals surface area contributed by atoms with Crippen molar-refractivity contribution in [3.63, 3.8) is 0 Å². The zero-order valence-electron chi connectivity index (χ0n) is 18.7. The minimum atomic E-state index is -4.42. The molecule has 36 heavy (non-hydrogen) atoms. The van der Waals surface area contributed by atoms with Gasteiger partial charge in [0.15, 0.2) is 0 Å². The van der Waals surface area contributed by atoms with Gasteiger partial charge in [-0.05, 0) is 23.8 Å². The van der Waals surface area contributed by atoms with E-state index in [0.717, 1.165) is 12.1 Å². The highest BCUT2D eigenvalue weighted by Gasteiger charge is 2.30. The van der Waals surface area contributed by atoms with Crippen LogP contribution < -0.4 is 10.2 Å². The lowest BCUT2D eigenvalue weighted by molar-refractivity contribution is -0.137. The van der Waals surface area contributed by atoms with Gasteiger partial charge in [0.25, 0.3) is 5.91 Å². The third kappa shape index (κ3) is 6.37. The van der Waals surface area contributed by atoms with E-state index >= 15 is 0 Å². The Morgan fingerprint density at radius 3 is 2.42 bits per heavy atom. The van der Waals surface area contributed by atoms with Crippen LogP contribution in [-0.2, 0) is 19.3 Å². The molecule has 1 fully saturated rings. The van der Waals surface area contributed by atoms with Crippen molar-refractivity contribution < 1.29 is 27.1 Å². The van der Waals surface area contributed by atoms with E-state index < -0.39 is 17.2 Å². The summed E-state index contributed by atoms with van der Waals surface area (Å²) >= 11 is 12.0. The van der Waals surface area contributed by atoms with Gasteiger partial charge in [-0.25, -0.2) is 4.98 Å². The van der Waals surface area contributed by atoms with Gasteiger partial charge >= 0.3 is 6.18 Å². The highest BCUT2D eigenvalue weighted by Crippen LogP contribution is 2.29. The van der Waals surface area contributed by atoms with E-state index in [4.69, 9.17) is 32.4 Å². The second kappa shape index (κ2) is 10.9. The molecule has 7 nitrogen and oxygen atoms in total. The fraction of sp³-hybridized carbons (Fsp3) is 0.292. The number of piperazine rings is 1. The first-order valence-corrected chi connectivity index (χ1v) is 11.6. The molecular formula is C24H20Cl2F3N3O4. The first kappa shape index (κ1) is 26.0. The normalized spacial score (nSPS) is 14.6. The maximum Gasteiger partial charge on any atom is 0.416 e. The van der Waals surface area contributed by atoms with Crippen LogP contribution in [0.15, 0.2) is 58.1 Å². The minimum absolute atomic E-state index is 0.0407. The van der Waals surface area contributed by atoms with Gasteiger partial charge in [-0.15, -0.1) is 0 Å². The standard InChI is InChI=1S/C24H20Cl2F3N3O4/c25-17-9-19(22(26)30-11-17)23(34)32-7-5-31(6-8-32)12-18-10-20(33)21(14-35-18)36-13-15-1-3-16(4-2-15)24(27,28)29/h1-4,9-11,14H,5-8,12-13H2. The smallest absolute Gasteiger partial charge is 0.416 e. The lowest BCUT2D eigenvalue weighted by Crippen LogP contribution is -2.48. The topological polar surface area (TPSA) is 75.9 Å². The third-order valence-corrected chi connectivity index (χ3v) is 6.11. The quantitative estimate of drug-likeness (QED) is 0.413. The molecule has 0 spiro atoms. The fourth-order valence-electron chi connectivity index (χ4n) is 3.65. The Kier molecular flexibility index (Phi) is 7.87. The van der Waals surface area contributed by atoms with Crippen molar-refractivity contribution in [2.24, 2.45) is 0 Å². The summed E-state index contributed by atoms with van der Waals surface area (Å²) < 4.78 is 48.9. The van der Waals surface area contributed by atoms with Crippen molar-refractivity contribution >= 4 is 29.1 Å². The zero-order valence-corrected chi connectivity index (χ0v) is 20.2. The Labute approximate surface area is 214 Å². The molecule has 1 saturated heterocycles. The number of ether oxygens (including phenoxy) is 1. The molecule has 0 atom stereocenters. The monoisotopic (exact) mass is 541 g/mol. The van der Waals surface area contributed by atoms with E-state index in [-0.39, 0.29) is 29.0 Å². The number of aromatic nitrogens is 1. The number of amides is 1. The first-order valence-electron chi connectivity index (χ1n) is 10.8. The van der Waals surface area contributed by atoms with Gasteiger partial charge in [-0.3, -0.25) is 14.5 Å². The maximum atomic E-state index is 12.7. The molecule has 0 aliphatic carbocycles. The molecule has 0 unspecified atom stereocenters. The lowest BCUT2D eigenvalue weighted by atomic mass is 10.1. The first-order chi connectivity index (χ1) is 17.1. The van der Waals surface area contributed by atoms with Crippen LogP contribution in [-0.4, -0.2) is 46.9 Å². The SMILES string of the molecule is O=C(c1cc(Cl)cnc1Cl)N1CCN(Cc2cc(=O)c(OCc3ccc(C(F)(F)F)cc3)co2)CC1. The summed E-state index contributed by atoms with van der Waals surface area (Å²) in [7, 11) is 0. The van der Waals surface area contributed by atoms with Gasteiger partial charge in [-0.1, -0.05) is 35.3 Å². The Morgan fingerprint density at radius 2 is 1.78 bits per heavy atom. The number of alkyl halides is 3. The van der Waals surface area contributed by atoms with Crippen LogP contribution in [0.25, 0.3) is 0 Å². The summed E-state index contributed by atoms with van der Waals surface area (Å²) in [6, 6.07) is 7.30. The van der Waals surface area contributed by atoms with Crippen LogP contribution in [0.5, 0.6) is 5.75 Å². The molecule has 0 bridgehead atoms. The van der Waals surface area contributed by atoms with E-state index in [1.807, 2.05) is 4.90 Å². The second-order valence-electron chi connectivity index (χ2n) is 8.12. The summed E-state index contributed by atoms with van der Waals surface area (Å²) in [6.07, 6.45) is -1.85. The number of rotatable bonds is 6. The van der Waals surface area contributed by atoms with Crippen LogP contribution in [0.2, 0.25) is 10.2 Å². The number of hydrogen-bond donors (Lipinski definition) is 0. The number of carbonyl (C=O) groups excluding carboxylic acids is 1. The Hall–Kier alpha value is -3.08. The highest BCUT2D eigenvalue weighted by atomic mass is 35.5. The fourth-order valence-corrected chi connectivity index (χ4v) is 3.99. The number of pyridine rings is 1. The molecule has 2 aromatic heterocycles. The Morgan fingerprint density at radius 1 is 1.08 bits per heavy atom. The van der Waals surface area contributed by atoms with Crippen LogP contribution >= 0.6 is 23.2 Å². The molecule has 12 heteroatoms. The molecule has 0 radical (unpaired) electrons. The third-order valence-electron chi connectivity index (χ3n) is 5.60. The largest absolute Gasteiger partial charge is 0.482 e. The zero-order chi connectivity index (χ0) is 25.9. The molecule has 0 saturated carbocycles. The summed E-state index contributed by atoms with van der Waals surface area (Å²) in [4.78, 5) is 32.7. The summed E-state index contributed by atoms with van der Waals surface area (Å²) in [5, 5.41) is 0.414. The average molecular weight is 542 g/mol. The molecule has 0 N–H and O–H groups in total. The number of carbonyl (C=O) groups is 1. The Bertz CT molecular complexity index is 1290.